The molecule has 2 heterocycles. The summed E-state index contributed by atoms with van der Waals surface area (Å²) in [5.74, 6) is 0.861. The van der Waals surface area contributed by atoms with E-state index in [2.05, 4.69) is 4.98 Å². The second kappa shape index (κ2) is 6.29. The molecule has 2 aliphatic rings. The molecule has 6 nitrogen and oxygen atoms in total. The van der Waals surface area contributed by atoms with Crippen LogP contribution in [-0.4, -0.2) is 47.2 Å². The van der Waals surface area contributed by atoms with Gasteiger partial charge in [0, 0.05) is 38.3 Å². The molecular formula is C15H26N4O2S. The Labute approximate surface area is 132 Å². The highest BCUT2D eigenvalue weighted by Crippen LogP contribution is 2.30. The van der Waals surface area contributed by atoms with Gasteiger partial charge in [-0.2, -0.15) is 4.31 Å². The molecule has 0 amide bonds. The van der Waals surface area contributed by atoms with Crippen LogP contribution in [-0.2, 0) is 17.1 Å². The van der Waals surface area contributed by atoms with Gasteiger partial charge in [0.1, 0.15) is 0 Å². The standard InChI is InChI=1S/C15H26N4O2S/c1-18-10-15(17-11-18)13-8-19(9-14(13)16)22(20,21)7-6-12-4-2-3-5-12/h10-14H,2-9,16H2,1H3/t13-,14-/m1/s1. The van der Waals surface area contributed by atoms with Crippen molar-refractivity contribution in [3.8, 4) is 0 Å². The van der Waals surface area contributed by atoms with Gasteiger partial charge in [0.15, 0.2) is 0 Å². The summed E-state index contributed by atoms with van der Waals surface area (Å²) in [6.07, 6.45) is 9.33. The Kier molecular flexibility index (Phi) is 4.56. The monoisotopic (exact) mass is 326 g/mol. The average Bonchev–Trinajstić information content (AvgIpc) is 3.17. The molecule has 7 heteroatoms. The topological polar surface area (TPSA) is 81.2 Å². The van der Waals surface area contributed by atoms with E-state index in [1.165, 1.54) is 25.7 Å². The number of hydrogen-bond acceptors (Lipinski definition) is 4. The molecule has 1 aromatic rings. The summed E-state index contributed by atoms with van der Waals surface area (Å²) in [6, 6.07) is -0.170. The van der Waals surface area contributed by atoms with E-state index in [0.29, 0.717) is 19.0 Å². The predicted octanol–water partition coefficient (Wildman–Crippen LogP) is 1.06. The van der Waals surface area contributed by atoms with Crippen LogP contribution in [0.2, 0.25) is 0 Å². The lowest BCUT2D eigenvalue weighted by Gasteiger charge is -2.17. The van der Waals surface area contributed by atoms with Crippen LogP contribution >= 0.6 is 0 Å². The maximum atomic E-state index is 12.6. The third kappa shape index (κ3) is 3.36. The maximum Gasteiger partial charge on any atom is 0.214 e. The molecule has 22 heavy (non-hydrogen) atoms. The van der Waals surface area contributed by atoms with Crippen molar-refractivity contribution in [1.29, 1.82) is 0 Å². The molecule has 1 saturated carbocycles. The van der Waals surface area contributed by atoms with Crippen LogP contribution in [0.15, 0.2) is 12.5 Å². The van der Waals surface area contributed by atoms with Gasteiger partial charge >= 0.3 is 0 Å². The third-order valence-electron chi connectivity index (χ3n) is 5.09. The fraction of sp³-hybridized carbons (Fsp3) is 0.800. The highest BCUT2D eigenvalue weighted by Gasteiger charge is 2.38. The van der Waals surface area contributed by atoms with E-state index < -0.39 is 10.0 Å². The molecule has 1 aliphatic carbocycles. The molecule has 2 fully saturated rings. The van der Waals surface area contributed by atoms with Gasteiger partial charge < -0.3 is 10.3 Å². The highest BCUT2D eigenvalue weighted by molar-refractivity contribution is 7.89. The molecule has 1 aliphatic heterocycles. The van der Waals surface area contributed by atoms with E-state index in [4.69, 9.17) is 5.73 Å². The molecule has 1 saturated heterocycles. The predicted molar refractivity (Wildman–Crippen MR) is 85.9 cm³/mol. The molecule has 0 spiro atoms. The molecular weight excluding hydrogens is 300 g/mol. The average molecular weight is 326 g/mol. The minimum absolute atomic E-state index is 0.00227. The first kappa shape index (κ1) is 16.0. The van der Waals surface area contributed by atoms with E-state index in [1.807, 2.05) is 17.8 Å². The Morgan fingerprint density at radius 2 is 2.05 bits per heavy atom. The molecule has 3 rings (SSSR count). The number of nitrogens with two attached hydrogens (primary N) is 1. The van der Waals surface area contributed by atoms with Gasteiger partial charge in [-0.1, -0.05) is 25.7 Å². The van der Waals surface area contributed by atoms with Crippen molar-refractivity contribution in [2.24, 2.45) is 18.7 Å². The number of imidazole rings is 1. The minimum atomic E-state index is -3.20. The largest absolute Gasteiger partial charge is 0.340 e. The third-order valence-corrected chi connectivity index (χ3v) is 6.93. The molecule has 0 radical (unpaired) electrons. The van der Waals surface area contributed by atoms with Crippen molar-refractivity contribution in [2.45, 2.75) is 44.1 Å². The van der Waals surface area contributed by atoms with Crippen LogP contribution < -0.4 is 5.73 Å². The SMILES string of the molecule is Cn1cnc([C@@H]2CN(S(=O)(=O)CCC3CCCC3)C[C@H]2N)c1. The normalized spacial score (nSPS) is 27.7. The first-order valence-electron chi connectivity index (χ1n) is 8.17. The van der Waals surface area contributed by atoms with Crippen LogP contribution in [0, 0.1) is 5.92 Å². The van der Waals surface area contributed by atoms with E-state index in [1.54, 1.807) is 10.6 Å². The Morgan fingerprint density at radius 1 is 1.32 bits per heavy atom. The van der Waals surface area contributed by atoms with Crippen LogP contribution in [0.5, 0.6) is 0 Å². The fourth-order valence-electron chi connectivity index (χ4n) is 3.70. The number of aromatic nitrogens is 2. The van der Waals surface area contributed by atoms with Crippen LogP contribution in [0.4, 0.5) is 0 Å². The highest BCUT2D eigenvalue weighted by atomic mass is 32.2. The van der Waals surface area contributed by atoms with Gasteiger partial charge in [0.05, 0.1) is 17.8 Å². The lowest BCUT2D eigenvalue weighted by molar-refractivity contribution is 0.456. The van der Waals surface area contributed by atoms with Crippen LogP contribution in [0.3, 0.4) is 0 Å². The number of hydrogen-bond donors (Lipinski definition) is 1. The summed E-state index contributed by atoms with van der Waals surface area (Å²) in [4.78, 5) is 4.34. The van der Waals surface area contributed by atoms with E-state index in [-0.39, 0.29) is 17.7 Å². The van der Waals surface area contributed by atoms with Gasteiger partial charge in [-0.3, -0.25) is 0 Å². The first-order chi connectivity index (χ1) is 10.5. The number of sulfonamides is 1. The van der Waals surface area contributed by atoms with Crippen molar-refractivity contribution >= 4 is 10.0 Å². The summed E-state index contributed by atoms with van der Waals surface area (Å²) in [7, 11) is -1.29. The zero-order valence-electron chi connectivity index (χ0n) is 13.2. The molecule has 1 aromatic heterocycles. The quantitative estimate of drug-likeness (QED) is 0.877. The fourth-order valence-corrected chi connectivity index (χ4v) is 5.38. The zero-order valence-corrected chi connectivity index (χ0v) is 14.0. The second-order valence-corrected chi connectivity index (χ2v) is 8.89. The molecule has 0 bridgehead atoms. The summed E-state index contributed by atoms with van der Waals surface area (Å²) in [6.45, 7) is 0.874. The van der Waals surface area contributed by atoms with Crippen molar-refractivity contribution in [3.63, 3.8) is 0 Å². The van der Waals surface area contributed by atoms with Gasteiger partial charge in [-0.25, -0.2) is 13.4 Å². The summed E-state index contributed by atoms with van der Waals surface area (Å²) in [5.41, 5.74) is 7.06. The molecule has 2 N–H and O–H groups in total. The van der Waals surface area contributed by atoms with Gasteiger partial charge in [0.25, 0.3) is 0 Å². The number of rotatable bonds is 5. The van der Waals surface area contributed by atoms with Crippen molar-refractivity contribution in [1.82, 2.24) is 13.9 Å². The van der Waals surface area contributed by atoms with E-state index in [9.17, 15) is 8.42 Å². The lowest BCUT2D eigenvalue weighted by atomic mass is 10.0. The Bertz CT molecular complexity index is 607. The van der Waals surface area contributed by atoms with Crippen molar-refractivity contribution < 1.29 is 8.42 Å². The number of aryl methyl sites for hydroxylation is 1. The molecule has 0 unspecified atom stereocenters. The van der Waals surface area contributed by atoms with E-state index in [0.717, 1.165) is 12.1 Å². The summed E-state index contributed by atoms with van der Waals surface area (Å²) < 4.78 is 28.6. The summed E-state index contributed by atoms with van der Waals surface area (Å²) in [5, 5.41) is 0. The lowest BCUT2D eigenvalue weighted by Crippen LogP contribution is -2.34. The minimum Gasteiger partial charge on any atom is -0.340 e. The smallest absolute Gasteiger partial charge is 0.214 e. The summed E-state index contributed by atoms with van der Waals surface area (Å²) >= 11 is 0. The first-order valence-corrected chi connectivity index (χ1v) is 9.78. The Morgan fingerprint density at radius 3 is 2.68 bits per heavy atom. The van der Waals surface area contributed by atoms with Gasteiger partial charge in [0.2, 0.25) is 10.0 Å². The molecule has 124 valence electrons. The van der Waals surface area contributed by atoms with Crippen LogP contribution in [0.25, 0.3) is 0 Å². The van der Waals surface area contributed by atoms with Crippen molar-refractivity contribution in [3.05, 3.63) is 18.2 Å². The Hall–Kier alpha value is -0.920. The molecule has 0 aromatic carbocycles. The van der Waals surface area contributed by atoms with Gasteiger partial charge in [-0.05, 0) is 12.3 Å². The maximum absolute atomic E-state index is 12.6. The van der Waals surface area contributed by atoms with Crippen LogP contribution in [0.1, 0.15) is 43.7 Å². The van der Waals surface area contributed by atoms with Gasteiger partial charge in [-0.15, -0.1) is 0 Å². The Balaban J connectivity index is 1.62. The molecule has 2 atom stereocenters. The van der Waals surface area contributed by atoms with E-state index >= 15 is 0 Å². The van der Waals surface area contributed by atoms with Crippen molar-refractivity contribution in [2.75, 3.05) is 18.8 Å². The second-order valence-electron chi connectivity index (χ2n) is 6.81. The number of nitrogens with zero attached hydrogens (tertiary/aromatic N) is 3. The zero-order chi connectivity index (χ0) is 15.7.